The fourth-order valence-corrected chi connectivity index (χ4v) is 17.9. The van der Waals surface area contributed by atoms with Gasteiger partial charge >= 0.3 is 54.2 Å². The Labute approximate surface area is 724 Å². The normalized spacial score (nSPS) is 27.4. The summed E-state index contributed by atoms with van der Waals surface area (Å²) in [6.45, 7) is 49.4. The first-order valence-electron chi connectivity index (χ1n) is 43.2. The Hall–Kier alpha value is -10.3. The van der Waals surface area contributed by atoms with Crippen LogP contribution in [0, 0.1) is 23.7 Å². The summed E-state index contributed by atoms with van der Waals surface area (Å²) in [5.74, 6) is -4.37. The molecule has 123 heavy (non-hydrogen) atoms. The van der Waals surface area contributed by atoms with Crippen molar-refractivity contribution in [3.63, 3.8) is 0 Å². The molecule has 0 unspecified atom stereocenters. The van der Waals surface area contributed by atoms with Crippen LogP contribution in [0.4, 0.5) is 19.2 Å². The number of carboxylic acids is 2. The second-order valence-corrected chi connectivity index (χ2v) is 39.2. The predicted molar refractivity (Wildman–Crippen MR) is 461 cm³/mol. The molecule has 0 saturated carbocycles. The van der Waals surface area contributed by atoms with Crippen molar-refractivity contribution in [2.45, 2.75) is 314 Å². The summed E-state index contributed by atoms with van der Waals surface area (Å²) in [4.78, 5) is 162. The van der Waals surface area contributed by atoms with Crippen LogP contribution in [0.2, 0.25) is 0 Å². The maximum absolute atomic E-state index is 13.7. The molecule has 29 nitrogen and oxygen atoms in total. The van der Waals surface area contributed by atoms with Gasteiger partial charge in [0.1, 0.15) is 88.5 Å². The number of nitrogens with zero attached hydrogens (tertiary/aromatic N) is 7. The largest absolute Gasteiger partial charge is 0.480 e. The molecule has 0 aromatic heterocycles. The van der Waals surface area contributed by atoms with Gasteiger partial charge in [-0.3, -0.25) is 44.1 Å². The number of benzene rings is 2. The Bertz CT molecular complexity index is 4180. The highest BCUT2D eigenvalue weighted by molar-refractivity contribution is 5.94. The van der Waals surface area contributed by atoms with Crippen molar-refractivity contribution in [3.8, 4) is 11.1 Å². The van der Waals surface area contributed by atoms with Crippen molar-refractivity contribution >= 4 is 71.9 Å². The highest BCUT2D eigenvalue weighted by atomic mass is 16.6. The molecule has 11 aliphatic rings. The summed E-state index contributed by atoms with van der Waals surface area (Å²) in [5, 5.41) is 21.9. The molecule has 2 aromatic rings. The SMILES string of the molecule is C=C[C@H]1CCN(C(=O)OC(C)(C)C)[C@@H]1C(=O)N1[C@@H](C=C)CC[C@H]1C(=O)OC(C)(C)C.C=C[C@H]1CCN(C(=O)OC(C)(C)C)[C@@H]1C(=O)O.C=C[C@H]1CC[C@@H](C(=O)OC(C)(C)C)N1.CC(C)(C)OC(=O)[C@@H]1CC[C@@H]2C=C[C@H]3CCN(C(=O)OC(C)(C)C)[C@@H]3C(=O)N21.O=C(O)[C@@H]1CC[C@@H]2C=C[C@H]3CCN(C(=O)OCC4c5ccccc5-c5ccccc54)[C@@H]3C(=O)N21. The number of carboxylic acid groups (broad SMARTS) is 2. The molecule has 3 N–H and O–H groups in total. The molecule has 29 heteroatoms. The van der Waals surface area contributed by atoms with Gasteiger partial charge in [0.25, 0.3) is 0 Å². The number of ether oxygens (including phenoxy) is 7. The van der Waals surface area contributed by atoms with Crippen LogP contribution in [-0.2, 0) is 71.5 Å². The summed E-state index contributed by atoms with van der Waals surface area (Å²) >= 11 is 0. The molecule has 10 aliphatic heterocycles. The first kappa shape index (κ1) is 96.5. The van der Waals surface area contributed by atoms with Gasteiger partial charge in [0.2, 0.25) is 17.7 Å². The zero-order valence-corrected chi connectivity index (χ0v) is 75.2. The topological polar surface area (TPSA) is 345 Å². The Morgan fingerprint density at radius 1 is 0.415 bits per heavy atom. The van der Waals surface area contributed by atoms with Crippen LogP contribution in [0.15, 0.2) is 123 Å². The number of carbonyl (C=O) groups is 12. The molecule has 0 bridgehead atoms. The van der Waals surface area contributed by atoms with Crippen molar-refractivity contribution in [1.82, 2.24) is 39.6 Å². The zero-order chi connectivity index (χ0) is 91.1. The molecule has 0 radical (unpaired) electrons. The van der Waals surface area contributed by atoms with Crippen LogP contribution in [0.5, 0.6) is 0 Å². The number of amides is 7. The van der Waals surface area contributed by atoms with Crippen LogP contribution in [0.25, 0.3) is 11.1 Å². The van der Waals surface area contributed by atoms with E-state index < -0.39 is 118 Å². The van der Waals surface area contributed by atoms with Gasteiger partial charge < -0.3 is 58.1 Å². The smallest absolute Gasteiger partial charge is 0.411 e. The molecule has 8 fully saturated rings. The summed E-state index contributed by atoms with van der Waals surface area (Å²) in [7, 11) is 0. The maximum atomic E-state index is 13.7. The predicted octanol–water partition coefficient (Wildman–Crippen LogP) is 13.7. The van der Waals surface area contributed by atoms with E-state index in [-0.39, 0.29) is 96.1 Å². The average Bonchev–Trinajstić information content (AvgIpc) is 1.59. The van der Waals surface area contributed by atoms with Gasteiger partial charge in [-0.15, -0.1) is 26.3 Å². The van der Waals surface area contributed by atoms with E-state index in [1.165, 1.54) is 24.5 Å². The van der Waals surface area contributed by atoms with Gasteiger partial charge in [-0.1, -0.05) is 97.1 Å². The number of nitrogens with one attached hydrogen (secondary N) is 1. The van der Waals surface area contributed by atoms with E-state index in [1.54, 1.807) is 90.3 Å². The summed E-state index contributed by atoms with van der Waals surface area (Å²) in [6, 6.07) is 10.7. The van der Waals surface area contributed by atoms with Gasteiger partial charge in [0.05, 0.1) is 18.1 Å². The molecule has 13 rings (SSSR count). The molecule has 16 atom stereocenters. The first-order chi connectivity index (χ1) is 57.4. The summed E-state index contributed by atoms with van der Waals surface area (Å²) in [5.41, 5.74) is 0.991. The van der Waals surface area contributed by atoms with E-state index >= 15 is 0 Å². The second kappa shape index (κ2) is 39.3. The van der Waals surface area contributed by atoms with E-state index in [9.17, 15) is 62.6 Å². The maximum Gasteiger partial charge on any atom is 0.411 e. The number of rotatable bonds is 12. The van der Waals surface area contributed by atoms with Crippen LogP contribution in [0.1, 0.15) is 219 Å². The Morgan fingerprint density at radius 2 is 0.813 bits per heavy atom. The van der Waals surface area contributed by atoms with Crippen molar-refractivity contribution in [2.24, 2.45) is 23.7 Å². The molecular formula is C94H132N8O21. The van der Waals surface area contributed by atoms with Crippen molar-refractivity contribution in [3.05, 3.63) is 135 Å². The number of esters is 3. The van der Waals surface area contributed by atoms with Gasteiger partial charge in [0.15, 0.2) is 0 Å². The lowest BCUT2D eigenvalue weighted by molar-refractivity contribution is -0.165. The minimum atomic E-state index is -1.02. The van der Waals surface area contributed by atoms with Crippen LogP contribution in [0.3, 0.4) is 0 Å². The molecule has 8 saturated heterocycles. The monoisotopic (exact) mass is 1710 g/mol. The fourth-order valence-electron chi connectivity index (χ4n) is 17.9. The Balaban J connectivity index is 0.000000180. The average molecular weight is 1710 g/mol. The number of fused-ring (bicyclic) bond motifs is 7. The van der Waals surface area contributed by atoms with Gasteiger partial charge in [-0.2, -0.15) is 0 Å². The van der Waals surface area contributed by atoms with E-state index in [0.29, 0.717) is 84.0 Å². The molecule has 10 heterocycles. The zero-order valence-electron chi connectivity index (χ0n) is 75.2. The third-order valence-electron chi connectivity index (χ3n) is 23.1. The van der Waals surface area contributed by atoms with Crippen molar-refractivity contribution in [2.75, 3.05) is 32.8 Å². The molecule has 2 aromatic carbocycles. The highest BCUT2D eigenvalue weighted by Gasteiger charge is 2.55. The quantitative estimate of drug-likeness (QED) is 0.101. The van der Waals surface area contributed by atoms with E-state index in [1.807, 2.05) is 117 Å². The molecule has 1 aliphatic carbocycles. The van der Waals surface area contributed by atoms with Gasteiger partial charge in [0, 0.05) is 61.8 Å². The highest BCUT2D eigenvalue weighted by Crippen LogP contribution is 2.46. The molecule has 674 valence electrons. The third kappa shape index (κ3) is 24.0. The number of likely N-dealkylation sites (tertiary alicyclic amines) is 5. The number of carbonyl (C=O) groups excluding carboxylic acids is 10. The lowest BCUT2D eigenvalue weighted by Crippen LogP contribution is -2.55. The standard InChI is InChI=1S/C27H26N2O5.C23H36N2O5.C21H32N2O5.C12H19NO4.C11H19NO2/c30-25-24-16(9-10-17-11-12-23(26(31)32)29(17)25)13-14-28(24)27(33)34-15-22-20-7-3-1-5-18(20)19-6-2-4-8-21(19)22;1-9-15-13-14-24(21(28)30-23(6,7)8)18(15)19(26)25-16(10-2)11-12-17(25)20(27)29-22(3,4)5;1-20(2,3)27-18(25)15-10-9-14-8-7-13-11-12-22(16(13)17(24)23(14)15)19(26)28-21(4,5)6;1-5-8-6-7-13(9(8)10(14)15)11(16)17-12(2,3)4;1-5-8-6-7-9(12-8)10(13)14-11(2,3)4/h1-10,16-17,22-24H,11-15H2,(H,31,32);9-10,15-18H,1-2,11-14H2,3-8H3;7-8,13-16H,9-12H2,1-6H3;5,8-9H,1,6-7H2,2-4H3,(H,14,15);5,8-9,12H,1,6-7H2,2-4H3/t16-,17-,23-,24-;15-,16-,17-,18-;13-,14-,15-,16-;2*8-,9-/m00000/s1. The molecule has 0 spiro atoms. The second-order valence-electron chi connectivity index (χ2n) is 39.2. The first-order valence-corrected chi connectivity index (χ1v) is 43.2. The molecule has 7 amide bonds. The van der Waals surface area contributed by atoms with Gasteiger partial charge in [-0.05, 0) is 224 Å². The van der Waals surface area contributed by atoms with E-state index in [0.717, 1.165) is 41.5 Å². The van der Waals surface area contributed by atoms with Crippen LogP contribution in [-0.4, -0.2) is 255 Å². The lowest BCUT2D eigenvalue weighted by atomic mass is 9.98. The lowest BCUT2D eigenvalue weighted by Gasteiger charge is -2.36. The molecular weight excluding hydrogens is 1580 g/mol. The van der Waals surface area contributed by atoms with Gasteiger partial charge in [-0.25, -0.2) is 38.4 Å². The van der Waals surface area contributed by atoms with Crippen molar-refractivity contribution in [1.29, 1.82) is 0 Å². The fraction of sp³-hybridized carbons (Fsp3) is 0.617. The third-order valence-corrected chi connectivity index (χ3v) is 23.1. The van der Waals surface area contributed by atoms with E-state index in [2.05, 4.69) is 55.9 Å². The number of hydrogen-bond acceptors (Lipinski definition) is 20. The number of aliphatic carboxylic acids is 2. The van der Waals surface area contributed by atoms with Crippen molar-refractivity contribution < 1.29 is 101 Å². The Morgan fingerprint density at radius 3 is 1.24 bits per heavy atom. The number of hydrogen-bond donors (Lipinski definition) is 3. The summed E-state index contributed by atoms with van der Waals surface area (Å²) in [6.07, 6.45) is 20.6. The minimum Gasteiger partial charge on any atom is -0.480 e. The van der Waals surface area contributed by atoms with E-state index in [4.69, 9.17) is 38.3 Å². The Kier molecular flexibility index (Phi) is 30.8. The summed E-state index contributed by atoms with van der Waals surface area (Å²) < 4.78 is 38.4. The van der Waals surface area contributed by atoms with Crippen LogP contribution < -0.4 is 5.32 Å². The van der Waals surface area contributed by atoms with Crippen LogP contribution >= 0.6 is 0 Å². The minimum absolute atomic E-state index is 0.0510.